The number of nitrogens with zero attached hydrogens (tertiary/aromatic N) is 5. The summed E-state index contributed by atoms with van der Waals surface area (Å²) in [6.45, 7) is 10.0. The maximum Gasteiger partial charge on any atom is 0.298 e. The van der Waals surface area contributed by atoms with Gasteiger partial charge in [0.25, 0.3) is 6.01 Å². The van der Waals surface area contributed by atoms with Crippen LogP contribution in [0.25, 0.3) is 11.1 Å². The SMILES string of the molecule is CC(C)(C)c1cc(N2CCN(c3nc4ccccc4o3)CC2)ncn1. The normalized spacial score (nSPS) is 15.8. The van der Waals surface area contributed by atoms with Crippen LogP contribution in [0.3, 0.4) is 0 Å². The van der Waals surface area contributed by atoms with Crippen molar-refractivity contribution in [3.63, 3.8) is 0 Å². The Kier molecular flexibility index (Phi) is 3.82. The van der Waals surface area contributed by atoms with E-state index >= 15 is 0 Å². The van der Waals surface area contributed by atoms with Crippen LogP contribution in [0.5, 0.6) is 0 Å². The fourth-order valence-corrected chi connectivity index (χ4v) is 3.05. The Morgan fingerprint density at radius 3 is 2.40 bits per heavy atom. The molecule has 0 atom stereocenters. The quantitative estimate of drug-likeness (QED) is 0.715. The minimum absolute atomic E-state index is 0.0255. The first-order chi connectivity index (χ1) is 12.0. The number of piperazine rings is 1. The Morgan fingerprint density at radius 1 is 0.960 bits per heavy atom. The number of para-hydroxylation sites is 2. The van der Waals surface area contributed by atoms with Gasteiger partial charge in [0.15, 0.2) is 5.58 Å². The van der Waals surface area contributed by atoms with E-state index in [1.165, 1.54) is 0 Å². The Bertz CT molecular complexity index is 842. The van der Waals surface area contributed by atoms with Gasteiger partial charge in [0.1, 0.15) is 17.7 Å². The van der Waals surface area contributed by atoms with Crippen molar-refractivity contribution in [1.29, 1.82) is 0 Å². The van der Waals surface area contributed by atoms with Crippen LogP contribution in [-0.2, 0) is 5.41 Å². The predicted molar refractivity (Wildman–Crippen MR) is 99.2 cm³/mol. The van der Waals surface area contributed by atoms with Gasteiger partial charge in [0, 0.05) is 37.7 Å². The summed E-state index contributed by atoms with van der Waals surface area (Å²) >= 11 is 0. The molecule has 25 heavy (non-hydrogen) atoms. The van der Waals surface area contributed by atoms with E-state index in [2.05, 4.69) is 51.6 Å². The zero-order chi connectivity index (χ0) is 17.4. The fourth-order valence-electron chi connectivity index (χ4n) is 3.05. The Balaban J connectivity index is 1.48. The van der Waals surface area contributed by atoms with Gasteiger partial charge in [0.2, 0.25) is 0 Å². The second kappa shape index (κ2) is 6.02. The second-order valence-corrected chi connectivity index (χ2v) is 7.45. The molecule has 0 aliphatic carbocycles. The molecule has 6 heteroatoms. The van der Waals surface area contributed by atoms with Gasteiger partial charge in [-0.25, -0.2) is 9.97 Å². The summed E-state index contributed by atoms with van der Waals surface area (Å²) in [7, 11) is 0. The molecule has 6 nitrogen and oxygen atoms in total. The lowest BCUT2D eigenvalue weighted by Gasteiger charge is -2.34. The van der Waals surface area contributed by atoms with Crippen molar-refractivity contribution in [2.75, 3.05) is 36.0 Å². The third-order valence-corrected chi connectivity index (χ3v) is 4.58. The van der Waals surface area contributed by atoms with E-state index < -0.39 is 0 Å². The molecule has 3 aromatic rings. The summed E-state index contributed by atoms with van der Waals surface area (Å²) in [6, 6.07) is 10.7. The molecule has 130 valence electrons. The van der Waals surface area contributed by atoms with Crippen molar-refractivity contribution in [3.8, 4) is 0 Å². The van der Waals surface area contributed by atoms with Crippen molar-refractivity contribution in [1.82, 2.24) is 15.0 Å². The maximum atomic E-state index is 5.88. The number of oxazole rings is 1. The maximum absolute atomic E-state index is 5.88. The van der Waals surface area contributed by atoms with Crippen LogP contribution in [0, 0.1) is 0 Å². The van der Waals surface area contributed by atoms with E-state index in [1.807, 2.05) is 24.3 Å². The van der Waals surface area contributed by atoms with E-state index in [-0.39, 0.29) is 5.41 Å². The van der Waals surface area contributed by atoms with Gasteiger partial charge < -0.3 is 14.2 Å². The molecule has 1 aliphatic heterocycles. The van der Waals surface area contributed by atoms with E-state index in [4.69, 9.17) is 4.42 Å². The molecule has 4 rings (SSSR count). The van der Waals surface area contributed by atoms with Crippen molar-refractivity contribution in [2.45, 2.75) is 26.2 Å². The molecule has 0 amide bonds. The number of rotatable bonds is 2. The molecule has 1 aromatic carbocycles. The average molecular weight is 337 g/mol. The van der Waals surface area contributed by atoms with Crippen LogP contribution in [-0.4, -0.2) is 41.1 Å². The molecule has 1 fully saturated rings. The van der Waals surface area contributed by atoms with Crippen LogP contribution in [0.2, 0.25) is 0 Å². The number of fused-ring (bicyclic) bond motifs is 1. The lowest BCUT2D eigenvalue weighted by Crippen LogP contribution is -2.47. The Morgan fingerprint density at radius 2 is 1.68 bits per heavy atom. The van der Waals surface area contributed by atoms with Gasteiger partial charge in [-0.3, -0.25) is 0 Å². The molecule has 1 aliphatic rings. The smallest absolute Gasteiger partial charge is 0.298 e. The van der Waals surface area contributed by atoms with Gasteiger partial charge in [-0.05, 0) is 12.1 Å². The predicted octanol–water partition coefficient (Wildman–Crippen LogP) is 3.24. The molecule has 0 radical (unpaired) electrons. The highest BCUT2D eigenvalue weighted by atomic mass is 16.4. The van der Waals surface area contributed by atoms with Gasteiger partial charge in [-0.1, -0.05) is 32.9 Å². The molecule has 0 unspecified atom stereocenters. The Labute approximate surface area is 147 Å². The van der Waals surface area contributed by atoms with Crippen molar-refractivity contribution < 1.29 is 4.42 Å². The molecule has 0 bridgehead atoms. The first kappa shape index (κ1) is 15.9. The topological polar surface area (TPSA) is 58.3 Å². The Hall–Kier alpha value is -2.63. The molecule has 1 saturated heterocycles. The standard InChI is InChI=1S/C19H23N5O/c1-19(2,3)16-12-17(21-13-20-16)23-8-10-24(11-9-23)18-22-14-6-4-5-7-15(14)25-18/h4-7,12-13H,8-11H2,1-3H3. The molecule has 0 saturated carbocycles. The zero-order valence-electron chi connectivity index (χ0n) is 14.9. The molecule has 3 heterocycles. The van der Waals surface area contributed by atoms with Crippen LogP contribution in [0.4, 0.5) is 11.8 Å². The number of hydrogen-bond acceptors (Lipinski definition) is 6. The third kappa shape index (κ3) is 3.16. The van der Waals surface area contributed by atoms with E-state index in [0.29, 0.717) is 6.01 Å². The number of aromatic nitrogens is 3. The summed E-state index contributed by atoms with van der Waals surface area (Å²) < 4.78 is 5.88. The summed E-state index contributed by atoms with van der Waals surface area (Å²) in [5.41, 5.74) is 2.84. The van der Waals surface area contributed by atoms with E-state index in [0.717, 1.165) is 48.8 Å². The van der Waals surface area contributed by atoms with Crippen molar-refractivity contribution in [3.05, 3.63) is 42.4 Å². The van der Waals surface area contributed by atoms with Crippen LogP contribution in [0.1, 0.15) is 26.5 Å². The summed E-state index contributed by atoms with van der Waals surface area (Å²) in [4.78, 5) is 18.0. The fraction of sp³-hybridized carbons (Fsp3) is 0.421. The number of anilines is 2. The number of hydrogen-bond donors (Lipinski definition) is 0. The monoisotopic (exact) mass is 337 g/mol. The molecule has 0 N–H and O–H groups in total. The van der Waals surface area contributed by atoms with Crippen molar-refractivity contribution >= 4 is 22.9 Å². The number of benzene rings is 1. The molecule has 2 aromatic heterocycles. The lowest BCUT2D eigenvalue weighted by molar-refractivity contribution is 0.538. The minimum atomic E-state index is 0.0255. The summed E-state index contributed by atoms with van der Waals surface area (Å²) in [6.07, 6.45) is 1.67. The minimum Gasteiger partial charge on any atom is -0.423 e. The lowest BCUT2D eigenvalue weighted by atomic mass is 9.92. The average Bonchev–Trinajstić information content (AvgIpc) is 3.05. The summed E-state index contributed by atoms with van der Waals surface area (Å²) in [5.74, 6) is 0.997. The zero-order valence-corrected chi connectivity index (χ0v) is 14.9. The molecular weight excluding hydrogens is 314 g/mol. The second-order valence-electron chi connectivity index (χ2n) is 7.45. The van der Waals surface area contributed by atoms with Crippen LogP contribution >= 0.6 is 0 Å². The van der Waals surface area contributed by atoms with Crippen molar-refractivity contribution in [2.24, 2.45) is 0 Å². The first-order valence-corrected chi connectivity index (χ1v) is 8.69. The first-order valence-electron chi connectivity index (χ1n) is 8.69. The summed E-state index contributed by atoms with van der Waals surface area (Å²) in [5, 5.41) is 0. The van der Waals surface area contributed by atoms with Gasteiger partial charge in [0.05, 0.1) is 5.69 Å². The van der Waals surface area contributed by atoms with Gasteiger partial charge >= 0.3 is 0 Å². The third-order valence-electron chi connectivity index (χ3n) is 4.58. The highest BCUT2D eigenvalue weighted by molar-refractivity contribution is 5.74. The van der Waals surface area contributed by atoms with E-state index in [1.54, 1.807) is 6.33 Å². The molecule has 0 spiro atoms. The highest BCUT2D eigenvalue weighted by Crippen LogP contribution is 2.25. The highest BCUT2D eigenvalue weighted by Gasteiger charge is 2.23. The van der Waals surface area contributed by atoms with Crippen LogP contribution < -0.4 is 9.80 Å². The van der Waals surface area contributed by atoms with Gasteiger partial charge in [-0.15, -0.1) is 0 Å². The molecular formula is C19H23N5O. The largest absolute Gasteiger partial charge is 0.423 e. The van der Waals surface area contributed by atoms with Crippen LogP contribution in [0.15, 0.2) is 41.1 Å². The van der Waals surface area contributed by atoms with E-state index in [9.17, 15) is 0 Å². The van der Waals surface area contributed by atoms with Gasteiger partial charge in [-0.2, -0.15) is 4.98 Å².